The summed E-state index contributed by atoms with van der Waals surface area (Å²) in [5.74, 6) is 0.816. The number of aromatic nitrogens is 2. The van der Waals surface area contributed by atoms with Crippen LogP contribution in [0.15, 0.2) is 48.8 Å². The van der Waals surface area contributed by atoms with E-state index in [9.17, 15) is 4.79 Å². The van der Waals surface area contributed by atoms with E-state index in [0.29, 0.717) is 6.54 Å². The van der Waals surface area contributed by atoms with Gasteiger partial charge >= 0.3 is 6.09 Å². The summed E-state index contributed by atoms with van der Waals surface area (Å²) >= 11 is 0. The van der Waals surface area contributed by atoms with Crippen LogP contribution < -0.4 is 9.80 Å². The van der Waals surface area contributed by atoms with E-state index in [-0.39, 0.29) is 12.2 Å². The van der Waals surface area contributed by atoms with Crippen LogP contribution in [-0.2, 0) is 4.74 Å². The number of cyclic esters (lactones) is 1. The number of anilines is 2. The zero-order valence-electron chi connectivity index (χ0n) is 15.4. The molecule has 0 aliphatic carbocycles. The number of ether oxygens (including phenoxy) is 1. The fourth-order valence-corrected chi connectivity index (χ4v) is 3.66. The Morgan fingerprint density at radius 2 is 1.74 bits per heavy atom. The van der Waals surface area contributed by atoms with Crippen molar-refractivity contribution in [3.05, 3.63) is 48.8 Å². The lowest BCUT2D eigenvalue weighted by molar-refractivity contribution is 0.131. The number of carbonyl (C=O) groups is 1. The SMILES string of the molecule is O=C1OC(CCCN2CCN(c3ncccn3)CC2)CN1c1ccccc1. The van der Waals surface area contributed by atoms with Gasteiger partial charge in [-0.1, -0.05) is 18.2 Å². The molecule has 1 aromatic heterocycles. The monoisotopic (exact) mass is 367 g/mol. The van der Waals surface area contributed by atoms with E-state index in [1.165, 1.54) is 0 Å². The van der Waals surface area contributed by atoms with Crippen LogP contribution in [0.2, 0.25) is 0 Å². The molecule has 27 heavy (non-hydrogen) atoms. The number of hydrogen-bond donors (Lipinski definition) is 0. The first-order chi connectivity index (χ1) is 13.3. The van der Waals surface area contributed by atoms with Crippen molar-refractivity contribution in [1.29, 1.82) is 0 Å². The van der Waals surface area contributed by atoms with Gasteiger partial charge in [-0.05, 0) is 37.6 Å². The molecule has 0 spiro atoms. The lowest BCUT2D eigenvalue weighted by atomic mass is 10.1. The normalized spacial score (nSPS) is 20.7. The standard InChI is InChI=1S/C20H25N5O2/c26-20-25(17-6-2-1-3-7-17)16-18(27-20)8-4-11-23-12-14-24(15-13-23)19-21-9-5-10-22-19/h1-3,5-7,9-10,18H,4,8,11-16H2. The van der Waals surface area contributed by atoms with Crippen molar-refractivity contribution >= 4 is 17.7 Å². The second-order valence-corrected chi connectivity index (χ2v) is 6.97. The highest BCUT2D eigenvalue weighted by atomic mass is 16.6. The molecular weight excluding hydrogens is 342 g/mol. The third kappa shape index (κ3) is 4.36. The number of piperazine rings is 1. The molecule has 1 atom stereocenters. The summed E-state index contributed by atoms with van der Waals surface area (Å²) in [6.07, 6.45) is 5.26. The molecule has 2 aliphatic rings. The number of para-hydroxylation sites is 1. The fraction of sp³-hybridized carbons (Fsp3) is 0.450. The van der Waals surface area contributed by atoms with Crippen LogP contribution in [0, 0.1) is 0 Å². The summed E-state index contributed by atoms with van der Waals surface area (Å²) < 4.78 is 5.54. The zero-order chi connectivity index (χ0) is 18.5. The summed E-state index contributed by atoms with van der Waals surface area (Å²) in [6.45, 7) is 5.59. The Hall–Kier alpha value is -2.67. The minimum absolute atomic E-state index is 0.0169. The Morgan fingerprint density at radius 1 is 1.00 bits per heavy atom. The topological polar surface area (TPSA) is 61.8 Å². The summed E-state index contributed by atoms with van der Waals surface area (Å²) in [4.78, 5) is 27.2. The zero-order valence-corrected chi connectivity index (χ0v) is 15.4. The van der Waals surface area contributed by atoms with Crippen LogP contribution in [-0.4, -0.2) is 66.3 Å². The molecule has 2 fully saturated rings. The number of carbonyl (C=O) groups excluding carboxylic acids is 1. The quantitative estimate of drug-likeness (QED) is 0.781. The highest BCUT2D eigenvalue weighted by Crippen LogP contribution is 2.23. The highest BCUT2D eigenvalue weighted by molar-refractivity contribution is 5.89. The van der Waals surface area contributed by atoms with Crippen LogP contribution in [0.4, 0.5) is 16.4 Å². The first kappa shape index (κ1) is 17.7. The van der Waals surface area contributed by atoms with Crippen molar-refractivity contribution in [3.63, 3.8) is 0 Å². The number of nitrogens with zero attached hydrogens (tertiary/aromatic N) is 5. The molecule has 4 rings (SSSR count). The molecule has 1 aromatic carbocycles. The van der Waals surface area contributed by atoms with Crippen molar-refractivity contribution in [2.75, 3.05) is 49.1 Å². The Balaban J connectivity index is 1.18. The molecule has 0 saturated carbocycles. The first-order valence-electron chi connectivity index (χ1n) is 9.57. The first-order valence-corrected chi connectivity index (χ1v) is 9.57. The molecule has 2 aromatic rings. The minimum Gasteiger partial charge on any atom is -0.444 e. The predicted octanol–water partition coefficient (Wildman–Crippen LogP) is 2.40. The maximum absolute atomic E-state index is 12.1. The van der Waals surface area contributed by atoms with Crippen molar-refractivity contribution < 1.29 is 9.53 Å². The van der Waals surface area contributed by atoms with Gasteiger partial charge in [-0.3, -0.25) is 9.80 Å². The third-order valence-corrected chi connectivity index (χ3v) is 5.15. The third-order valence-electron chi connectivity index (χ3n) is 5.15. The van der Waals surface area contributed by atoms with Crippen LogP contribution >= 0.6 is 0 Å². The maximum atomic E-state index is 12.1. The summed E-state index contributed by atoms with van der Waals surface area (Å²) in [6, 6.07) is 11.6. The molecule has 3 heterocycles. The number of benzene rings is 1. The Kier molecular flexibility index (Phi) is 5.48. The molecule has 1 unspecified atom stereocenters. The van der Waals surface area contributed by atoms with Gasteiger partial charge in [0, 0.05) is 44.3 Å². The lowest BCUT2D eigenvalue weighted by Gasteiger charge is -2.34. The molecule has 2 saturated heterocycles. The van der Waals surface area contributed by atoms with Gasteiger partial charge in [0.2, 0.25) is 5.95 Å². The van der Waals surface area contributed by atoms with Crippen LogP contribution in [0.3, 0.4) is 0 Å². The maximum Gasteiger partial charge on any atom is 0.414 e. The van der Waals surface area contributed by atoms with E-state index < -0.39 is 0 Å². The molecule has 7 heteroatoms. The predicted molar refractivity (Wildman–Crippen MR) is 104 cm³/mol. The molecular formula is C20H25N5O2. The van der Waals surface area contributed by atoms with Gasteiger partial charge in [-0.2, -0.15) is 0 Å². The van der Waals surface area contributed by atoms with E-state index in [2.05, 4.69) is 19.8 Å². The second kappa shape index (κ2) is 8.35. The number of rotatable bonds is 6. The van der Waals surface area contributed by atoms with E-state index in [4.69, 9.17) is 4.74 Å². The van der Waals surface area contributed by atoms with E-state index >= 15 is 0 Å². The van der Waals surface area contributed by atoms with Gasteiger partial charge in [0.15, 0.2) is 0 Å². The molecule has 142 valence electrons. The number of amides is 1. The van der Waals surface area contributed by atoms with Crippen LogP contribution in [0.25, 0.3) is 0 Å². The summed E-state index contributed by atoms with van der Waals surface area (Å²) in [7, 11) is 0. The van der Waals surface area contributed by atoms with Gasteiger partial charge in [0.25, 0.3) is 0 Å². The molecule has 7 nitrogen and oxygen atoms in total. The Morgan fingerprint density at radius 3 is 2.48 bits per heavy atom. The molecule has 0 radical (unpaired) electrons. The average molecular weight is 367 g/mol. The van der Waals surface area contributed by atoms with Crippen molar-refractivity contribution in [3.8, 4) is 0 Å². The Labute approximate surface area is 159 Å². The van der Waals surface area contributed by atoms with Crippen molar-refractivity contribution in [1.82, 2.24) is 14.9 Å². The Bertz CT molecular complexity index is 735. The van der Waals surface area contributed by atoms with Gasteiger partial charge in [-0.15, -0.1) is 0 Å². The molecule has 2 aliphatic heterocycles. The lowest BCUT2D eigenvalue weighted by Crippen LogP contribution is -2.47. The largest absolute Gasteiger partial charge is 0.444 e. The van der Waals surface area contributed by atoms with E-state index in [1.54, 1.807) is 17.3 Å². The second-order valence-electron chi connectivity index (χ2n) is 6.97. The van der Waals surface area contributed by atoms with Crippen LogP contribution in [0.5, 0.6) is 0 Å². The van der Waals surface area contributed by atoms with Gasteiger partial charge in [-0.25, -0.2) is 14.8 Å². The minimum atomic E-state index is -0.234. The van der Waals surface area contributed by atoms with E-state index in [0.717, 1.165) is 57.2 Å². The van der Waals surface area contributed by atoms with Crippen LogP contribution in [0.1, 0.15) is 12.8 Å². The summed E-state index contributed by atoms with van der Waals surface area (Å²) in [5.41, 5.74) is 0.907. The van der Waals surface area contributed by atoms with E-state index in [1.807, 2.05) is 36.4 Å². The smallest absolute Gasteiger partial charge is 0.414 e. The molecule has 1 amide bonds. The average Bonchev–Trinajstić information content (AvgIpc) is 3.10. The van der Waals surface area contributed by atoms with Gasteiger partial charge in [0.05, 0.1) is 6.54 Å². The highest BCUT2D eigenvalue weighted by Gasteiger charge is 2.32. The van der Waals surface area contributed by atoms with Gasteiger partial charge < -0.3 is 9.64 Å². The number of hydrogen-bond acceptors (Lipinski definition) is 6. The van der Waals surface area contributed by atoms with Crippen molar-refractivity contribution in [2.45, 2.75) is 18.9 Å². The molecule has 0 N–H and O–H groups in total. The van der Waals surface area contributed by atoms with Crippen molar-refractivity contribution in [2.24, 2.45) is 0 Å². The summed E-state index contributed by atoms with van der Waals surface area (Å²) in [5, 5.41) is 0. The fourth-order valence-electron chi connectivity index (χ4n) is 3.66. The van der Waals surface area contributed by atoms with Gasteiger partial charge in [0.1, 0.15) is 6.10 Å². The molecule has 0 bridgehead atoms.